The van der Waals surface area contributed by atoms with Crippen LogP contribution in [0, 0.1) is 12.3 Å². The highest BCUT2D eigenvalue weighted by molar-refractivity contribution is 7.09. The molecule has 1 unspecified atom stereocenters. The second-order valence-corrected chi connectivity index (χ2v) is 6.52. The van der Waals surface area contributed by atoms with Gasteiger partial charge in [0, 0.05) is 18.0 Å². The fourth-order valence-corrected chi connectivity index (χ4v) is 3.54. The van der Waals surface area contributed by atoms with Crippen LogP contribution in [0.15, 0.2) is 5.38 Å². The van der Waals surface area contributed by atoms with Gasteiger partial charge in [-0.3, -0.25) is 0 Å². The second-order valence-electron chi connectivity index (χ2n) is 5.45. The summed E-state index contributed by atoms with van der Waals surface area (Å²) in [5.41, 5.74) is 1.77. The fraction of sp³-hybridized carbons (Fsp3) is 0.786. The maximum atomic E-state index is 4.56. The van der Waals surface area contributed by atoms with Crippen molar-refractivity contribution in [2.24, 2.45) is 5.41 Å². The zero-order valence-corrected chi connectivity index (χ0v) is 12.1. The van der Waals surface area contributed by atoms with Crippen LogP contribution >= 0.6 is 11.3 Å². The molecular formula is C14H24N2S. The van der Waals surface area contributed by atoms with E-state index in [4.69, 9.17) is 0 Å². The highest BCUT2D eigenvalue weighted by Crippen LogP contribution is 2.40. The summed E-state index contributed by atoms with van der Waals surface area (Å²) in [5.74, 6) is 0. The van der Waals surface area contributed by atoms with Gasteiger partial charge in [0.25, 0.3) is 0 Å². The number of rotatable bonds is 5. The van der Waals surface area contributed by atoms with Crippen molar-refractivity contribution >= 4 is 11.3 Å². The van der Waals surface area contributed by atoms with E-state index in [9.17, 15) is 0 Å². The fourth-order valence-electron chi connectivity index (χ4n) is 2.83. The minimum absolute atomic E-state index is 0.393. The summed E-state index contributed by atoms with van der Waals surface area (Å²) in [6.45, 7) is 7.80. The zero-order chi connectivity index (χ0) is 12.3. The molecule has 0 saturated heterocycles. The Morgan fingerprint density at radius 3 is 2.71 bits per heavy atom. The molecule has 1 aromatic rings. The molecule has 1 atom stereocenters. The molecule has 1 aliphatic rings. The van der Waals surface area contributed by atoms with Crippen LogP contribution < -0.4 is 5.32 Å². The summed E-state index contributed by atoms with van der Waals surface area (Å²) >= 11 is 1.74. The Balaban J connectivity index is 1.89. The second kappa shape index (κ2) is 5.49. The van der Waals surface area contributed by atoms with Gasteiger partial charge < -0.3 is 5.32 Å². The summed E-state index contributed by atoms with van der Waals surface area (Å²) in [6, 6.07) is 0.393. The van der Waals surface area contributed by atoms with Crippen molar-refractivity contribution in [3.05, 3.63) is 16.1 Å². The smallest absolute Gasteiger partial charge is 0.0898 e. The third kappa shape index (κ3) is 3.08. The van der Waals surface area contributed by atoms with Crippen molar-refractivity contribution in [2.45, 2.75) is 58.9 Å². The molecule has 1 heterocycles. The number of hydrogen-bond acceptors (Lipinski definition) is 3. The standard InChI is InChI=1S/C14H24N2S/c1-4-14(7-5-6-8-14)10-15-11(2)13-9-17-12(3)16-13/h9,11,15H,4-8,10H2,1-3H3. The van der Waals surface area contributed by atoms with Crippen LogP contribution in [-0.2, 0) is 0 Å². The minimum Gasteiger partial charge on any atom is -0.308 e. The quantitative estimate of drug-likeness (QED) is 0.854. The Kier molecular flexibility index (Phi) is 4.21. The maximum absolute atomic E-state index is 4.56. The van der Waals surface area contributed by atoms with Crippen molar-refractivity contribution in [3.63, 3.8) is 0 Å². The summed E-state index contributed by atoms with van der Waals surface area (Å²) in [6.07, 6.45) is 6.95. The van der Waals surface area contributed by atoms with Gasteiger partial charge in [-0.2, -0.15) is 0 Å². The number of aromatic nitrogens is 1. The molecule has 17 heavy (non-hydrogen) atoms. The molecule has 0 bridgehead atoms. The summed E-state index contributed by atoms with van der Waals surface area (Å²) in [7, 11) is 0. The number of nitrogens with zero attached hydrogens (tertiary/aromatic N) is 1. The number of thiazole rings is 1. The maximum Gasteiger partial charge on any atom is 0.0898 e. The van der Waals surface area contributed by atoms with E-state index in [1.807, 2.05) is 0 Å². The Morgan fingerprint density at radius 1 is 1.47 bits per heavy atom. The minimum atomic E-state index is 0.393. The third-order valence-electron chi connectivity index (χ3n) is 4.28. The van der Waals surface area contributed by atoms with E-state index in [0.29, 0.717) is 11.5 Å². The van der Waals surface area contributed by atoms with Gasteiger partial charge >= 0.3 is 0 Å². The molecule has 1 fully saturated rings. The van der Waals surface area contributed by atoms with E-state index < -0.39 is 0 Å². The molecule has 0 aliphatic heterocycles. The molecule has 96 valence electrons. The molecule has 0 radical (unpaired) electrons. The SMILES string of the molecule is CCC1(CNC(C)c2csc(C)n2)CCCC1. The lowest BCUT2D eigenvalue weighted by atomic mass is 9.83. The zero-order valence-electron chi connectivity index (χ0n) is 11.3. The third-order valence-corrected chi connectivity index (χ3v) is 5.07. The average molecular weight is 252 g/mol. The van der Waals surface area contributed by atoms with Gasteiger partial charge in [-0.15, -0.1) is 11.3 Å². The average Bonchev–Trinajstić information content (AvgIpc) is 2.95. The Morgan fingerprint density at radius 2 is 2.18 bits per heavy atom. The van der Waals surface area contributed by atoms with Crippen molar-refractivity contribution in [1.29, 1.82) is 0 Å². The van der Waals surface area contributed by atoms with Crippen LogP contribution in [0.1, 0.15) is 62.7 Å². The summed E-state index contributed by atoms with van der Waals surface area (Å²) in [4.78, 5) is 4.56. The predicted molar refractivity (Wildman–Crippen MR) is 74.5 cm³/mol. The predicted octanol–water partition coefficient (Wildman–Crippen LogP) is 4.07. The lowest BCUT2D eigenvalue weighted by Gasteiger charge is -2.29. The first kappa shape index (κ1) is 13.0. The first-order valence-electron chi connectivity index (χ1n) is 6.81. The summed E-state index contributed by atoms with van der Waals surface area (Å²) in [5, 5.41) is 7.04. The van der Waals surface area contributed by atoms with Crippen molar-refractivity contribution in [3.8, 4) is 0 Å². The van der Waals surface area contributed by atoms with Crippen LogP contribution in [0.4, 0.5) is 0 Å². The highest BCUT2D eigenvalue weighted by atomic mass is 32.1. The van der Waals surface area contributed by atoms with Gasteiger partial charge in [-0.05, 0) is 38.5 Å². The highest BCUT2D eigenvalue weighted by Gasteiger charge is 2.32. The van der Waals surface area contributed by atoms with Crippen LogP contribution in [0.25, 0.3) is 0 Å². The van der Waals surface area contributed by atoms with Crippen molar-refractivity contribution in [1.82, 2.24) is 10.3 Å². The number of nitrogens with one attached hydrogen (secondary N) is 1. The Bertz CT molecular complexity index is 353. The lowest BCUT2D eigenvalue weighted by Crippen LogP contribution is -2.33. The molecule has 1 aromatic heterocycles. The largest absolute Gasteiger partial charge is 0.308 e. The van der Waals surface area contributed by atoms with Crippen LogP contribution in [-0.4, -0.2) is 11.5 Å². The monoisotopic (exact) mass is 252 g/mol. The molecule has 0 aromatic carbocycles. The number of hydrogen-bond donors (Lipinski definition) is 1. The Labute approximate surface area is 109 Å². The van der Waals surface area contributed by atoms with Crippen molar-refractivity contribution in [2.75, 3.05) is 6.54 Å². The molecule has 0 amide bonds. The molecule has 2 nitrogen and oxygen atoms in total. The normalized spacial score (nSPS) is 20.6. The molecule has 0 spiro atoms. The molecule has 2 rings (SSSR count). The molecule has 3 heteroatoms. The first-order chi connectivity index (χ1) is 8.15. The Hall–Kier alpha value is -0.410. The van der Waals surface area contributed by atoms with Gasteiger partial charge in [-0.1, -0.05) is 19.8 Å². The molecule has 1 saturated carbocycles. The van der Waals surface area contributed by atoms with Gasteiger partial charge in [0.2, 0.25) is 0 Å². The lowest BCUT2D eigenvalue weighted by molar-refractivity contribution is 0.258. The van der Waals surface area contributed by atoms with E-state index in [2.05, 4.69) is 36.5 Å². The van der Waals surface area contributed by atoms with Gasteiger partial charge in [0.15, 0.2) is 0 Å². The van der Waals surface area contributed by atoms with Gasteiger partial charge in [0.1, 0.15) is 0 Å². The molecular weight excluding hydrogens is 228 g/mol. The van der Waals surface area contributed by atoms with Crippen LogP contribution in [0.3, 0.4) is 0 Å². The van der Waals surface area contributed by atoms with Crippen molar-refractivity contribution < 1.29 is 0 Å². The first-order valence-corrected chi connectivity index (χ1v) is 7.68. The summed E-state index contributed by atoms with van der Waals surface area (Å²) < 4.78 is 0. The van der Waals surface area contributed by atoms with E-state index in [1.165, 1.54) is 42.8 Å². The van der Waals surface area contributed by atoms with Gasteiger partial charge in [0.05, 0.1) is 10.7 Å². The van der Waals surface area contributed by atoms with Crippen LogP contribution in [0.2, 0.25) is 0 Å². The molecule has 1 N–H and O–H groups in total. The van der Waals surface area contributed by atoms with E-state index in [1.54, 1.807) is 11.3 Å². The van der Waals surface area contributed by atoms with Crippen LogP contribution in [0.5, 0.6) is 0 Å². The van der Waals surface area contributed by atoms with E-state index >= 15 is 0 Å². The van der Waals surface area contributed by atoms with E-state index in [0.717, 1.165) is 6.54 Å². The number of aryl methyl sites for hydroxylation is 1. The topological polar surface area (TPSA) is 24.9 Å². The van der Waals surface area contributed by atoms with Gasteiger partial charge in [-0.25, -0.2) is 4.98 Å². The molecule has 1 aliphatic carbocycles. The van der Waals surface area contributed by atoms with E-state index in [-0.39, 0.29) is 0 Å².